The number of hydrogen-bond donors (Lipinski definition) is 1. The maximum atomic E-state index is 12.6. The van der Waals surface area contributed by atoms with Gasteiger partial charge in [0, 0.05) is 30.4 Å². The van der Waals surface area contributed by atoms with Crippen LogP contribution in [0.15, 0.2) is 18.2 Å². The monoisotopic (exact) mass is 356 g/mol. The van der Waals surface area contributed by atoms with Gasteiger partial charge in [-0.15, -0.1) is 0 Å². The molecular formula is C21H28N2O3. The molecule has 140 valence electrons. The van der Waals surface area contributed by atoms with E-state index in [0.717, 1.165) is 31.8 Å². The zero-order chi connectivity index (χ0) is 18.3. The van der Waals surface area contributed by atoms with Crippen molar-refractivity contribution in [1.29, 1.82) is 0 Å². The van der Waals surface area contributed by atoms with E-state index in [9.17, 15) is 9.59 Å². The third-order valence-corrected chi connectivity index (χ3v) is 6.34. The lowest BCUT2D eigenvalue weighted by atomic mass is 9.67. The molecule has 3 atom stereocenters. The number of Topliss-reactive ketones (excluding diaryl/α,β-unsaturated/α-hetero) is 1. The fourth-order valence-electron chi connectivity index (χ4n) is 4.70. The summed E-state index contributed by atoms with van der Waals surface area (Å²) in [5.41, 5.74) is 2.14. The summed E-state index contributed by atoms with van der Waals surface area (Å²) in [6.45, 7) is 7.17. The largest absolute Gasteiger partial charge is 0.487 e. The first-order valence-electron chi connectivity index (χ1n) is 9.79. The maximum Gasteiger partial charge on any atom is 0.221 e. The van der Waals surface area contributed by atoms with Crippen LogP contribution in [0.2, 0.25) is 0 Å². The molecule has 3 aliphatic rings. The lowest BCUT2D eigenvalue weighted by molar-refractivity contribution is -0.133. The zero-order valence-corrected chi connectivity index (χ0v) is 15.7. The van der Waals surface area contributed by atoms with Crippen LogP contribution in [0, 0.1) is 6.92 Å². The van der Waals surface area contributed by atoms with Crippen molar-refractivity contribution in [3.05, 3.63) is 29.3 Å². The Labute approximate surface area is 155 Å². The summed E-state index contributed by atoms with van der Waals surface area (Å²) in [7, 11) is 0. The molecule has 1 aromatic rings. The van der Waals surface area contributed by atoms with Crippen LogP contribution < -0.4 is 10.1 Å². The number of rotatable bonds is 4. The number of ketones is 1. The highest BCUT2D eigenvalue weighted by Crippen LogP contribution is 2.49. The number of likely N-dealkylation sites (tertiary alicyclic amines) is 1. The minimum Gasteiger partial charge on any atom is -0.487 e. The molecule has 5 heteroatoms. The summed E-state index contributed by atoms with van der Waals surface area (Å²) in [4.78, 5) is 27.4. The van der Waals surface area contributed by atoms with Gasteiger partial charge in [-0.2, -0.15) is 0 Å². The van der Waals surface area contributed by atoms with E-state index >= 15 is 0 Å². The van der Waals surface area contributed by atoms with Crippen LogP contribution in [0.1, 0.15) is 50.2 Å². The Hall–Kier alpha value is -1.88. The highest BCUT2D eigenvalue weighted by Gasteiger charge is 2.54. The third kappa shape index (κ3) is 3.02. The van der Waals surface area contributed by atoms with Gasteiger partial charge in [0.2, 0.25) is 5.91 Å². The summed E-state index contributed by atoms with van der Waals surface area (Å²) in [5, 5.41) is 3.00. The van der Waals surface area contributed by atoms with Gasteiger partial charge in [0.25, 0.3) is 0 Å². The van der Waals surface area contributed by atoms with E-state index in [1.165, 1.54) is 24.0 Å². The number of amides is 1. The molecule has 2 heterocycles. The third-order valence-electron chi connectivity index (χ3n) is 6.34. The molecule has 26 heavy (non-hydrogen) atoms. The average molecular weight is 356 g/mol. The number of hydrogen-bond acceptors (Lipinski definition) is 4. The van der Waals surface area contributed by atoms with Crippen LogP contribution in [0.4, 0.5) is 0 Å². The number of nitrogens with one attached hydrogen (secondary N) is 1. The first-order valence-corrected chi connectivity index (χ1v) is 9.79. The van der Waals surface area contributed by atoms with E-state index < -0.39 is 6.04 Å². The lowest BCUT2D eigenvalue weighted by Crippen LogP contribution is -2.59. The second-order valence-corrected chi connectivity index (χ2v) is 8.27. The van der Waals surface area contributed by atoms with Crippen molar-refractivity contribution >= 4 is 11.7 Å². The summed E-state index contributed by atoms with van der Waals surface area (Å²) in [6.07, 6.45) is 3.83. The van der Waals surface area contributed by atoms with Gasteiger partial charge in [-0.25, -0.2) is 0 Å². The number of nitrogens with zero attached hydrogens (tertiary/aromatic N) is 1. The van der Waals surface area contributed by atoms with Gasteiger partial charge >= 0.3 is 0 Å². The molecule has 1 aliphatic carbocycles. The van der Waals surface area contributed by atoms with Crippen molar-refractivity contribution in [1.82, 2.24) is 10.2 Å². The number of carbonyl (C=O) groups excluding carboxylic acids is 2. The number of carbonyl (C=O) groups is 2. The van der Waals surface area contributed by atoms with Crippen molar-refractivity contribution in [2.75, 3.05) is 19.6 Å². The number of ether oxygens (including phenoxy) is 1. The summed E-state index contributed by atoms with van der Waals surface area (Å²) >= 11 is 0. The SMILES string of the molecule is Cc1ccc2c(c1)[C@@]1(C)CCC(=O)[C@@H](NC(=O)CCN3CCCC3)[C@H]1O2. The molecule has 4 rings (SSSR count). The molecule has 0 radical (unpaired) electrons. The molecular weight excluding hydrogens is 328 g/mol. The molecule has 0 bridgehead atoms. The van der Waals surface area contributed by atoms with Crippen molar-refractivity contribution < 1.29 is 14.3 Å². The Kier molecular flexibility index (Phi) is 4.51. The van der Waals surface area contributed by atoms with Gasteiger partial charge in [0.15, 0.2) is 5.78 Å². The molecule has 5 nitrogen and oxygen atoms in total. The predicted molar refractivity (Wildman–Crippen MR) is 99.4 cm³/mol. The maximum absolute atomic E-state index is 12.6. The van der Waals surface area contributed by atoms with Crippen molar-refractivity contribution in [2.45, 2.75) is 63.5 Å². The van der Waals surface area contributed by atoms with Gasteiger partial charge in [-0.05, 0) is 45.3 Å². The molecule has 1 aromatic carbocycles. The van der Waals surface area contributed by atoms with Gasteiger partial charge in [0.05, 0.1) is 0 Å². The Bertz CT molecular complexity index is 726. The van der Waals surface area contributed by atoms with Gasteiger partial charge in [-0.3, -0.25) is 9.59 Å². The van der Waals surface area contributed by atoms with Crippen LogP contribution in [0.5, 0.6) is 5.75 Å². The van der Waals surface area contributed by atoms with Crippen LogP contribution >= 0.6 is 0 Å². The molecule has 1 saturated carbocycles. The van der Waals surface area contributed by atoms with Crippen molar-refractivity contribution in [2.24, 2.45) is 0 Å². The molecule has 1 amide bonds. The highest BCUT2D eigenvalue weighted by atomic mass is 16.5. The Balaban J connectivity index is 1.47. The molecule has 0 unspecified atom stereocenters. The lowest BCUT2D eigenvalue weighted by Gasteiger charge is -2.39. The second-order valence-electron chi connectivity index (χ2n) is 8.27. The first kappa shape index (κ1) is 17.5. The van der Waals surface area contributed by atoms with E-state index in [-0.39, 0.29) is 23.2 Å². The molecule has 0 spiro atoms. The molecule has 2 fully saturated rings. The highest BCUT2D eigenvalue weighted by molar-refractivity contribution is 5.91. The van der Waals surface area contributed by atoms with E-state index in [4.69, 9.17) is 4.74 Å². The Morgan fingerprint density at radius 3 is 2.88 bits per heavy atom. The van der Waals surface area contributed by atoms with Gasteiger partial charge in [-0.1, -0.05) is 24.6 Å². The molecule has 1 saturated heterocycles. The fraction of sp³-hybridized carbons (Fsp3) is 0.619. The number of fused-ring (bicyclic) bond motifs is 3. The van der Waals surface area contributed by atoms with Crippen molar-refractivity contribution in [3.63, 3.8) is 0 Å². The van der Waals surface area contributed by atoms with E-state index in [1.807, 2.05) is 12.1 Å². The first-order chi connectivity index (χ1) is 12.5. The standard InChI is InChI=1S/C21H28N2O3/c1-14-5-6-17-15(13-14)21(2)9-7-16(24)19(20(21)26-17)22-18(25)8-12-23-10-3-4-11-23/h5-6,13,19-20H,3-4,7-12H2,1-2H3,(H,22,25)/t19-,20-,21-/m1/s1. The van der Waals surface area contributed by atoms with E-state index in [1.54, 1.807) is 0 Å². The topological polar surface area (TPSA) is 58.6 Å². The Morgan fingerprint density at radius 1 is 1.35 bits per heavy atom. The predicted octanol–water partition coefficient (Wildman–Crippen LogP) is 2.35. The number of benzene rings is 1. The van der Waals surface area contributed by atoms with Crippen LogP contribution in [-0.4, -0.2) is 48.4 Å². The molecule has 1 N–H and O–H groups in total. The van der Waals surface area contributed by atoms with Crippen LogP contribution in [0.25, 0.3) is 0 Å². The number of aryl methyl sites for hydroxylation is 1. The van der Waals surface area contributed by atoms with Gasteiger partial charge < -0.3 is 15.0 Å². The summed E-state index contributed by atoms with van der Waals surface area (Å²) in [6, 6.07) is 5.64. The van der Waals surface area contributed by atoms with Crippen LogP contribution in [0.3, 0.4) is 0 Å². The minimum absolute atomic E-state index is 0.0461. The van der Waals surface area contributed by atoms with Crippen molar-refractivity contribution in [3.8, 4) is 5.75 Å². The smallest absolute Gasteiger partial charge is 0.221 e. The average Bonchev–Trinajstić information content (AvgIpc) is 3.23. The second kappa shape index (κ2) is 6.69. The van der Waals surface area contributed by atoms with Crippen LogP contribution in [-0.2, 0) is 15.0 Å². The summed E-state index contributed by atoms with van der Waals surface area (Å²) in [5.74, 6) is 0.899. The Morgan fingerprint density at radius 2 is 2.12 bits per heavy atom. The normalized spacial score (nSPS) is 30.6. The summed E-state index contributed by atoms with van der Waals surface area (Å²) < 4.78 is 6.18. The van der Waals surface area contributed by atoms with Gasteiger partial charge in [0.1, 0.15) is 17.9 Å². The fourth-order valence-corrected chi connectivity index (χ4v) is 4.70. The van der Waals surface area contributed by atoms with E-state index in [0.29, 0.717) is 12.8 Å². The van der Waals surface area contributed by atoms with E-state index in [2.05, 4.69) is 30.1 Å². The minimum atomic E-state index is -0.549. The molecule has 2 aliphatic heterocycles. The quantitative estimate of drug-likeness (QED) is 0.900. The molecule has 0 aromatic heterocycles. The zero-order valence-electron chi connectivity index (χ0n) is 15.7.